The monoisotopic (exact) mass is 441 g/mol. The van der Waals surface area contributed by atoms with Crippen LogP contribution in [-0.2, 0) is 9.59 Å². The van der Waals surface area contributed by atoms with Gasteiger partial charge in [0.05, 0.1) is 10.4 Å². The Balaban J connectivity index is 1.69. The van der Waals surface area contributed by atoms with E-state index in [1.165, 1.54) is 17.0 Å². The fourth-order valence-electron chi connectivity index (χ4n) is 3.59. The number of carbonyl (C=O) groups excluding carboxylic acids is 2. The van der Waals surface area contributed by atoms with Crippen molar-refractivity contribution in [3.05, 3.63) is 63.0 Å². The molecule has 1 fully saturated rings. The second-order valence-corrected chi connectivity index (χ2v) is 7.80. The van der Waals surface area contributed by atoms with Gasteiger partial charge in [-0.05, 0) is 44.5 Å². The van der Waals surface area contributed by atoms with E-state index in [1.54, 1.807) is 45.2 Å². The van der Waals surface area contributed by atoms with Gasteiger partial charge >= 0.3 is 5.97 Å². The number of hydrogen-bond donors (Lipinski definition) is 0. The molecule has 0 bridgehead atoms. The lowest BCUT2D eigenvalue weighted by Crippen LogP contribution is -2.38. The van der Waals surface area contributed by atoms with Crippen LogP contribution in [0.1, 0.15) is 24.2 Å². The summed E-state index contributed by atoms with van der Waals surface area (Å²) in [5.74, 6) is 0.309. The molecule has 1 aliphatic heterocycles. The van der Waals surface area contributed by atoms with Gasteiger partial charge in [0.25, 0.3) is 0 Å². The first-order valence-corrected chi connectivity index (χ1v) is 10.1. The van der Waals surface area contributed by atoms with Gasteiger partial charge in [-0.15, -0.1) is 0 Å². The van der Waals surface area contributed by atoms with E-state index in [2.05, 4.69) is 0 Å². The standard InChI is InChI=1S/C23H20ClNO6/c1-12-17(31-23(28)16-9-11-19(26)25(16)3)10-8-14-20(27)22(13(2)29-21(12)14)30-18-7-5-4-6-15(18)24/h4-8,10,16H,9,11H2,1-3H3/t16-/m0/s1. The van der Waals surface area contributed by atoms with Gasteiger partial charge < -0.3 is 18.8 Å². The highest BCUT2D eigenvalue weighted by molar-refractivity contribution is 6.32. The SMILES string of the molecule is Cc1oc2c(C)c(OC(=O)[C@@H]3CCC(=O)N3C)ccc2c(=O)c1Oc1ccccc1Cl. The van der Waals surface area contributed by atoms with E-state index in [9.17, 15) is 14.4 Å². The number of esters is 1. The number of rotatable bonds is 4. The summed E-state index contributed by atoms with van der Waals surface area (Å²) in [6.07, 6.45) is 0.729. The first-order chi connectivity index (χ1) is 14.8. The highest BCUT2D eigenvalue weighted by Crippen LogP contribution is 2.33. The minimum absolute atomic E-state index is 0.0378. The van der Waals surface area contributed by atoms with Crippen molar-refractivity contribution in [3.8, 4) is 17.2 Å². The maximum atomic E-state index is 13.1. The second-order valence-electron chi connectivity index (χ2n) is 7.39. The van der Waals surface area contributed by atoms with Crippen molar-refractivity contribution in [3.63, 3.8) is 0 Å². The van der Waals surface area contributed by atoms with Gasteiger partial charge in [-0.2, -0.15) is 0 Å². The molecule has 4 rings (SSSR count). The Bertz CT molecular complexity index is 1260. The van der Waals surface area contributed by atoms with Gasteiger partial charge in [-0.3, -0.25) is 9.59 Å². The summed E-state index contributed by atoms with van der Waals surface area (Å²) in [4.78, 5) is 38.7. The number of aryl methyl sites for hydroxylation is 2. The molecule has 160 valence electrons. The molecule has 31 heavy (non-hydrogen) atoms. The Morgan fingerprint density at radius 2 is 1.87 bits per heavy atom. The number of hydrogen-bond acceptors (Lipinski definition) is 6. The fraction of sp³-hybridized carbons (Fsp3) is 0.261. The summed E-state index contributed by atoms with van der Waals surface area (Å²) in [5, 5.41) is 0.660. The Hall–Kier alpha value is -3.32. The molecule has 3 aromatic rings. The Labute approximate surface area is 183 Å². The number of amides is 1. The number of halogens is 1. The van der Waals surface area contributed by atoms with E-state index in [0.29, 0.717) is 34.8 Å². The molecule has 1 atom stereocenters. The van der Waals surface area contributed by atoms with Crippen LogP contribution in [-0.4, -0.2) is 29.9 Å². The van der Waals surface area contributed by atoms with Crippen LogP contribution in [0.15, 0.2) is 45.6 Å². The minimum atomic E-state index is -0.622. The van der Waals surface area contributed by atoms with Crippen LogP contribution in [0.4, 0.5) is 0 Å². The molecule has 2 aromatic carbocycles. The summed E-state index contributed by atoms with van der Waals surface area (Å²) in [5.41, 5.74) is 0.443. The molecule has 1 aromatic heterocycles. The summed E-state index contributed by atoms with van der Waals surface area (Å²) < 4.78 is 17.2. The van der Waals surface area contributed by atoms with Crippen molar-refractivity contribution in [1.29, 1.82) is 0 Å². The number of likely N-dealkylation sites (N-methyl/N-ethyl adjacent to an activating group) is 1. The minimum Gasteiger partial charge on any atom is -0.457 e. The fourth-order valence-corrected chi connectivity index (χ4v) is 3.76. The van der Waals surface area contributed by atoms with E-state index in [-0.39, 0.29) is 34.0 Å². The zero-order chi connectivity index (χ0) is 22.3. The summed E-state index contributed by atoms with van der Waals surface area (Å²) in [6, 6.07) is 9.27. The molecular weight excluding hydrogens is 422 g/mol. The molecule has 0 spiro atoms. The number of nitrogens with zero attached hydrogens (tertiary/aromatic N) is 1. The predicted molar refractivity (Wildman–Crippen MR) is 115 cm³/mol. The normalized spacial score (nSPS) is 16.1. The average Bonchev–Trinajstić information content (AvgIpc) is 3.07. The smallest absolute Gasteiger partial charge is 0.334 e. The largest absolute Gasteiger partial charge is 0.457 e. The third-order valence-corrected chi connectivity index (χ3v) is 5.72. The number of likely N-dealkylation sites (tertiary alicyclic amines) is 1. The topological polar surface area (TPSA) is 86.0 Å². The number of fused-ring (bicyclic) bond motifs is 1. The summed E-state index contributed by atoms with van der Waals surface area (Å²) in [6.45, 7) is 3.32. The Morgan fingerprint density at radius 1 is 1.13 bits per heavy atom. The highest BCUT2D eigenvalue weighted by Gasteiger charge is 2.35. The van der Waals surface area contributed by atoms with Crippen molar-refractivity contribution in [2.45, 2.75) is 32.7 Å². The number of carbonyl (C=O) groups is 2. The second kappa shape index (κ2) is 8.07. The van der Waals surface area contributed by atoms with E-state index < -0.39 is 12.0 Å². The number of ether oxygens (including phenoxy) is 2. The summed E-state index contributed by atoms with van der Waals surface area (Å²) in [7, 11) is 1.58. The van der Waals surface area contributed by atoms with Gasteiger partial charge in [0, 0.05) is 19.0 Å². The number of benzene rings is 2. The zero-order valence-electron chi connectivity index (χ0n) is 17.2. The Morgan fingerprint density at radius 3 is 2.55 bits per heavy atom. The lowest BCUT2D eigenvalue weighted by Gasteiger charge is -2.19. The molecule has 0 saturated carbocycles. The molecule has 0 N–H and O–H groups in total. The van der Waals surface area contributed by atoms with Crippen molar-refractivity contribution in [1.82, 2.24) is 4.90 Å². The average molecular weight is 442 g/mol. The third-order valence-electron chi connectivity index (χ3n) is 5.41. The molecule has 2 heterocycles. The van der Waals surface area contributed by atoms with Crippen molar-refractivity contribution >= 4 is 34.4 Å². The van der Waals surface area contributed by atoms with Crippen LogP contribution in [0.2, 0.25) is 5.02 Å². The van der Waals surface area contributed by atoms with Crippen molar-refractivity contribution < 1.29 is 23.5 Å². The number of para-hydroxylation sites is 1. The lowest BCUT2D eigenvalue weighted by atomic mass is 10.1. The van der Waals surface area contributed by atoms with Gasteiger partial charge in [-0.1, -0.05) is 23.7 Å². The summed E-state index contributed by atoms with van der Waals surface area (Å²) >= 11 is 6.13. The molecule has 0 unspecified atom stereocenters. The van der Waals surface area contributed by atoms with E-state index in [1.807, 2.05) is 0 Å². The van der Waals surface area contributed by atoms with Crippen LogP contribution in [0.25, 0.3) is 11.0 Å². The van der Waals surface area contributed by atoms with Gasteiger partial charge in [0.2, 0.25) is 17.1 Å². The van der Waals surface area contributed by atoms with E-state index >= 15 is 0 Å². The van der Waals surface area contributed by atoms with Crippen LogP contribution in [0, 0.1) is 13.8 Å². The van der Waals surface area contributed by atoms with Gasteiger partial charge in [0.15, 0.2) is 0 Å². The third kappa shape index (κ3) is 3.77. The Kier molecular flexibility index (Phi) is 5.45. The van der Waals surface area contributed by atoms with Crippen LogP contribution >= 0.6 is 11.6 Å². The molecule has 0 radical (unpaired) electrons. The van der Waals surface area contributed by atoms with Crippen molar-refractivity contribution in [2.75, 3.05) is 7.05 Å². The maximum absolute atomic E-state index is 13.1. The molecule has 8 heteroatoms. The molecule has 1 saturated heterocycles. The first kappa shape index (κ1) is 20.9. The highest BCUT2D eigenvalue weighted by atomic mass is 35.5. The molecular formula is C23H20ClNO6. The van der Waals surface area contributed by atoms with E-state index in [0.717, 1.165) is 0 Å². The lowest BCUT2D eigenvalue weighted by molar-refractivity contribution is -0.142. The van der Waals surface area contributed by atoms with Crippen LogP contribution in [0.3, 0.4) is 0 Å². The van der Waals surface area contributed by atoms with E-state index in [4.69, 9.17) is 25.5 Å². The zero-order valence-corrected chi connectivity index (χ0v) is 18.0. The molecule has 1 amide bonds. The van der Waals surface area contributed by atoms with Crippen molar-refractivity contribution in [2.24, 2.45) is 0 Å². The quantitative estimate of drug-likeness (QED) is 0.441. The van der Waals surface area contributed by atoms with Crippen LogP contribution < -0.4 is 14.9 Å². The van der Waals surface area contributed by atoms with Crippen LogP contribution in [0.5, 0.6) is 17.2 Å². The van der Waals surface area contributed by atoms with Gasteiger partial charge in [-0.25, -0.2) is 4.79 Å². The molecule has 0 aliphatic carbocycles. The van der Waals surface area contributed by atoms with Gasteiger partial charge in [0.1, 0.15) is 28.9 Å². The molecule has 1 aliphatic rings. The first-order valence-electron chi connectivity index (χ1n) is 9.74. The maximum Gasteiger partial charge on any atom is 0.334 e. The molecule has 7 nitrogen and oxygen atoms in total. The predicted octanol–water partition coefficient (Wildman–Crippen LogP) is 4.38.